The van der Waals surface area contributed by atoms with Crippen LogP contribution in [0.2, 0.25) is 0 Å². The molecule has 1 amide bonds. The Kier molecular flexibility index (Phi) is 6.15. The molecule has 0 aromatic heterocycles. The molecule has 5 nitrogen and oxygen atoms in total. The SMILES string of the molecule is Cc1ccc(C(=O)N2CCC(NS(=O)(=O)c3ccc(C(C)(C)C)cc3)CC2)cc1. The zero-order valence-electron chi connectivity index (χ0n) is 17.6. The number of amides is 1. The van der Waals surface area contributed by atoms with E-state index in [9.17, 15) is 13.2 Å². The van der Waals surface area contributed by atoms with Gasteiger partial charge in [-0.1, -0.05) is 50.6 Å². The Bertz CT molecular complexity index is 951. The minimum absolute atomic E-state index is 0.00377. The first-order chi connectivity index (χ1) is 13.6. The summed E-state index contributed by atoms with van der Waals surface area (Å²) in [6.07, 6.45) is 1.22. The molecule has 0 bridgehead atoms. The number of hydrogen-bond donors (Lipinski definition) is 1. The second kappa shape index (κ2) is 8.28. The molecule has 0 radical (unpaired) electrons. The Morgan fingerprint density at radius 2 is 1.52 bits per heavy atom. The number of rotatable bonds is 4. The minimum atomic E-state index is -3.57. The predicted octanol–water partition coefficient (Wildman–Crippen LogP) is 3.88. The third kappa shape index (κ3) is 5.25. The average molecular weight is 415 g/mol. The molecule has 1 aliphatic rings. The van der Waals surface area contributed by atoms with Gasteiger partial charge in [0, 0.05) is 24.7 Å². The van der Waals surface area contributed by atoms with Crippen molar-refractivity contribution in [3.8, 4) is 0 Å². The van der Waals surface area contributed by atoms with E-state index in [1.54, 1.807) is 17.0 Å². The standard InChI is InChI=1S/C23H30N2O3S/c1-17-5-7-18(8-6-17)22(26)25-15-13-20(14-16-25)24-29(27,28)21-11-9-19(10-12-21)23(2,3)4/h5-12,20,24H,13-16H2,1-4H3. The van der Waals surface area contributed by atoms with Gasteiger partial charge in [-0.3, -0.25) is 4.79 Å². The number of sulfonamides is 1. The van der Waals surface area contributed by atoms with Crippen molar-refractivity contribution >= 4 is 15.9 Å². The number of hydrogen-bond acceptors (Lipinski definition) is 3. The number of benzene rings is 2. The molecule has 1 N–H and O–H groups in total. The van der Waals surface area contributed by atoms with Crippen molar-refractivity contribution < 1.29 is 13.2 Å². The van der Waals surface area contributed by atoms with Gasteiger partial charge < -0.3 is 4.90 Å². The fraction of sp³-hybridized carbons (Fsp3) is 0.435. The molecule has 29 heavy (non-hydrogen) atoms. The van der Waals surface area contributed by atoms with E-state index in [2.05, 4.69) is 25.5 Å². The van der Waals surface area contributed by atoms with E-state index in [0.717, 1.165) is 11.1 Å². The lowest BCUT2D eigenvalue weighted by Crippen LogP contribution is -2.46. The number of aryl methyl sites for hydroxylation is 1. The summed E-state index contributed by atoms with van der Waals surface area (Å²) >= 11 is 0. The van der Waals surface area contributed by atoms with Gasteiger partial charge in [0.05, 0.1) is 4.90 Å². The molecule has 6 heteroatoms. The number of likely N-dealkylation sites (tertiary alicyclic amines) is 1. The van der Waals surface area contributed by atoms with Gasteiger partial charge >= 0.3 is 0 Å². The van der Waals surface area contributed by atoms with E-state index in [0.29, 0.717) is 31.5 Å². The predicted molar refractivity (Wildman–Crippen MR) is 116 cm³/mol. The second-order valence-corrected chi connectivity index (χ2v) is 10.5. The number of piperidine rings is 1. The van der Waals surface area contributed by atoms with E-state index >= 15 is 0 Å². The van der Waals surface area contributed by atoms with Gasteiger partial charge in [-0.15, -0.1) is 0 Å². The Morgan fingerprint density at radius 1 is 0.966 bits per heavy atom. The number of carbonyl (C=O) groups excluding carboxylic acids is 1. The van der Waals surface area contributed by atoms with Crippen molar-refractivity contribution in [1.82, 2.24) is 9.62 Å². The van der Waals surface area contributed by atoms with Crippen LogP contribution in [-0.4, -0.2) is 38.4 Å². The largest absolute Gasteiger partial charge is 0.339 e. The van der Waals surface area contributed by atoms with Crippen LogP contribution >= 0.6 is 0 Å². The summed E-state index contributed by atoms with van der Waals surface area (Å²) in [7, 11) is -3.57. The molecule has 0 saturated carbocycles. The maximum Gasteiger partial charge on any atom is 0.253 e. The third-order valence-electron chi connectivity index (χ3n) is 5.43. The lowest BCUT2D eigenvalue weighted by molar-refractivity contribution is 0.0711. The molecule has 0 atom stereocenters. The van der Waals surface area contributed by atoms with Gasteiger partial charge in [-0.25, -0.2) is 13.1 Å². The van der Waals surface area contributed by atoms with Crippen molar-refractivity contribution in [3.05, 3.63) is 65.2 Å². The zero-order chi connectivity index (χ0) is 21.2. The van der Waals surface area contributed by atoms with Crippen LogP contribution in [0.25, 0.3) is 0 Å². The van der Waals surface area contributed by atoms with Crippen LogP contribution in [0.3, 0.4) is 0 Å². The topological polar surface area (TPSA) is 66.5 Å². The molecule has 1 saturated heterocycles. The smallest absolute Gasteiger partial charge is 0.253 e. The summed E-state index contributed by atoms with van der Waals surface area (Å²) in [4.78, 5) is 14.7. The molecule has 156 valence electrons. The van der Waals surface area contributed by atoms with E-state index in [1.807, 2.05) is 43.3 Å². The summed E-state index contributed by atoms with van der Waals surface area (Å²) in [5.74, 6) is 0.00377. The minimum Gasteiger partial charge on any atom is -0.339 e. The number of nitrogens with zero attached hydrogens (tertiary/aromatic N) is 1. The highest BCUT2D eigenvalue weighted by molar-refractivity contribution is 7.89. The molecule has 2 aromatic carbocycles. The third-order valence-corrected chi connectivity index (χ3v) is 6.97. The van der Waals surface area contributed by atoms with Gasteiger partial charge in [-0.05, 0) is 55.0 Å². The van der Waals surface area contributed by atoms with Gasteiger partial charge in [-0.2, -0.15) is 0 Å². The van der Waals surface area contributed by atoms with Crippen molar-refractivity contribution in [2.75, 3.05) is 13.1 Å². The molecular formula is C23H30N2O3S. The maximum atomic E-state index is 12.7. The van der Waals surface area contributed by atoms with Crippen molar-refractivity contribution in [3.63, 3.8) is 0 Å². The van der Waals surface area contributed by atoms with Crippen LogP contribution in [0.5, 0.6) is 0 Å². The maximum absolute atomic E-state index is 12.7. The van der Waals surface area contributed by atoms with Crippen LogP contribution in [-0.2, 0) is 15.4 Å². The van der Waals surface area contributed by atoms with Gasteiger partial charge in [0.2, 0.25) is 10.0 Å². The first-order valence-electron chi connectivity index (χ1n) is 10.0. The van der Waals surface area contributed by atoms with E-state index in [-0.39, 0.29) is 22.3 Å². The van der Waals surface area contributed by atoms with E-state index < -0.39 is 10.0 Å². The van der Waals surface area contributed by atoms with Crippen molar-refractivity contribution in [2.45, 2.75) is 56.9 Å². The molecule has 0 unspecified atom stereocenters. The van der Waals surface area contributed by atoms with Gasteiger partial charge in [0.1, 0.15) is 0 Å². The summed E-state index contributed by atoms with van der Waals surface area (Å²) in [5.41, 5.74) is 2.87. The average Bonchev–Trinajstić information content (AvgIpc) is 2.68. The highest BCUT2D eigenvalue weighted by atomic mass is 32.2. The van der Waals surface area contributed by atoms with Crippen molar-refractivity contribution in [1.29, 1.82) is 0 Å². The highest BCUT2D eigenvalue weighted by Crippen LogP contribution is 2.24. The monoisotopic (exact) mass is 414 g/mol. The molecule has 0 aliphatic carbocycles. The van der Waals surface area contributed by atoms with Crippen LogP contribution in [0, 0.1) is 6.92 Å². The Hall–Kier alpha value is -2.18. The van der Waals surface area contributed by atoms with Crippen molar-refractivity contribution in [2.24, 2.45) is 0 Å². The summed E-state index contributed by atoms with van der Waals surface area (Å²) < 4.78 is 28.3. The van der Waals surface area contributed by atoms with E-state index in [4.69, 9.17) is 0 Å². The van der Waals surface area contributed by atoms with Gasteiger partial charge in [0.15, 0.2) is 0 Å². The molecule has 1 aliphatic heterocycles. The van der Waals surface area contributed by atoms with E-state index in [1.165, 1.54) is 0 Å². The summed E-state index contributed by atoms with van der Waals surface area (Å²) in [5, 5.41) is 0. The summed E-state index contributed by atoms with van der Waals surface area (Å²) in [6, 6.07) is 14.5. The van der Waals surface area contributed by atoms with Crippen LogP contribution in [0.15, 0.2) is 53.4 Å². The molecule has 0 spiro atoms. The zero-order valence-corrected chi connectivity index (χ0v) is 18.4. The second-order valence-electron chi connectivity index (χ2n) is 8.83. The molecule has 1 fully saturated rings. The first-order valence-corrected chi connectivity index (χ1v) is 11.5. The Balaban J connectivity index is 1.59. The highest BCUT2D eigenvalue weighted by Gasteiger charge is 2.27. The fourth-order valence-electron chi connectivity index (χ4n) is 3.50. The molecule has 3 rings (SSSR count). The molecular weight excluding hydrogens is 384 g/mol. The Labute approximate surface area is 174 Å². The number of carbonyl (C=O) groups is 1. The van der Waals surface area contributed by atoms with Crippen LogP contribution < -0.4 is 4.72 Å². The lowest BCUT2D eigenvalue weighted by Gasteiger charge is -2.32. The Morgan fingerprint density at radius 3 is 2.03 bits per heavy atom. The first kappa shape index (κ1) is 21.5. The molecule has 2 aromatic rings. The molecule has 1 heterocycles. The lowest BCUT2D eigenvalue weighted by atomic mass is 9.87. The summed E-state index contributed by atoms with van der Waals surface area (Å²) in [6.45, 7) is 9.37. The quantitative estimate of drug-likeness (QED) is 0.826. The fourth-order valence-corrected chi connectivity index (χ4v) is 4.81. The van der Waals surface area contributed by atoms with Gasteiger partial charge in [0.25, 0.3) is 5.91 Å². The number of nitrogens with one attached hydrogen (secondary N) is 1. The van der Waals surface area contributed by atoms with Crippen LogP contribution in [0.4, 0.5) is 0 Å². The normalized spacial score (nSPS) is 16.1. The van der Waals surface area contributed by atoms with Crippen LogP contribution in [0.1, 0.15) is 55.1 Å².